The van der Waals surface area contributed by atoms with E-state index in [1.54, 1.807) is 4.68 Å². The van der Waals surface area contributed by atoms with E-state index in [4.69, 9.17) is 9.57 Å². The molecular weight excluding hydrogens is 572 g/mol. The first-order valence-corrected chi connectivity index (χ1v) is 16.8. The minimum absolute atomic E-state index is 0.0443. The van der Waals surface area contributed by atoms with Crippen LogP contribution in [0.25, 0.3) is 5.69 Å². The lowest BCUT2D eigenvalue weighted by molar-refractivity contribution is -0.204. The molecule has 0 radical (unpaired) electrons. The topological polar surface area (TPSA) is 117 Å². The van der Waals surface area contributed by atoms with Gasteiger partial charge in [-0.1, -0.05) is 56.3 Å². The standard InChI is InChI=1S/C35H44N4O6/c1-21(27-18-25(20-40)45-36-27)26-10-11-28-32(26,3)14-13-29-33(4)15-12-24(44-22(2)41)19-34(33)16-17-35(28,29)39-31(43)37(30(42)38(34)39)23-8-6-5-7-9-23/h5-9,16-17,21,24-26,28-29,40H,10-15,18-20H2,1-4H3/t21-,24-,25?,26+,28+,29+,32+,33+,34+,35-/m0/s1. The monoisotopic (exact) mass is 616 g/mol. The van der Waals surface area contributed by atoms with Crippen LogP contribution in [0, 0.1) is 34.5 Å². The van der Waals surface area contributed by atoms with Gasteiger partial charge in [0.15, 0.2) is 6.10 Å². The smallest absolute Gasteiger partial charge is 0.352 e. The Morgan fingerprint density at radius 2 is 1.80 bits per heavy atom. The van der Waals surface area contributed by atoms with Gasteiger partial charge in [0.1, 0.15) is 6.10 Å². The number of carbonyl (C=O) groups excluding carboxylic acids is 1. The maximum atomic E-state index is 14.8. The van der Waals surface area contributed by atoms with Crippen LogP contribution in [0.15, 0.2) is 57.2 Å². The fourth-order valence-corrected chi connectivity index (χ4v) is 11.6. The third-order valence-electron chi connectivity index (χ3n) is 13.5. The molecule has 4 heterocycles. The zero-order chi connectivity index (χ0) is 31.5. The summed E-state index contributed by atoms with van der Waals surface area (Å²) in [6.45, 7) is 8.38. The van der Waals surface area contributed by atoms with E-state index in [-0.39, 0.29) is 64.7 Å². The van der Waals surface area contributed by atoms with Crippen molar-refractivity contribution in [3.8, 4) is 5.69 Å². The molecule has 3 fully saturated rings. The Hall–Kier alpha value is -3.40. The van der Waals surface area contributed by atoms with Crippen molar-refractivity contribution < 1.29 is 19.5 Å². The Morgan fingerprint density at radius 3 is 2.51 bits per heavy atom. The number of oxime groups is 1. The highest BCUT2D eigenvalue weighted by molar-refractivity contribution is 5.87. The highest BCUT2D eigenvalue weighted by atomic mass is 16.6. The number of hydrogen-bond donors (Lipinski definition) is 1. The molecule has 3 saturated carbocycles. The van der Waals surface area contributed by atoms with Crippen LogP contribution in [0.4, 0.5) is 0 Å². The Morgan fingerprint density at radius 1 is 1.04 bits per heavy atom. The number of esters is 1. The fraction of sp³-hybridized carbons (Fsp3) is 0.657. The molecule has 7 aliphatic rings. The summed E-state index contributed by atoms with van der Waals surface area (Å²) in [4.78, 5) is 47.2. The molecule has 10 nitrogen and oxygen atoms in total. The molecule has 4 aliphatic carbocycles. The first-order chi connectivity index (χ1) is 21.5. The lowest BCUT2D eigenvalue weighted by atomic mass is 9.40. The van der Waals surface area contributed by atoms with Gasteiger partial charge in [0.05, 0.1) is 29.1 Å². The van der Waals surface area contributed by atoms with Gasteiger partial charge in [-0.2, -0.15) is 0 Å². The maximum absolute atomic E-state index is 14.8. The summed E-state index contributed by atoms with van der Waals surface area (Å²) in [5, 5.41) is 14.1. The molecule has 10 atom stereocenters. The molecule has 240 valence electrons. The predicted molar refractivity (Wildman–Crippen MR) is 167 cm³/mol. The Bertz CT molecular complexity index is 1740. The van der Waals surface area contributed by atoms with E-state index in [0.29, 0.717) is 24.4 Å². The average molecular weight is 617 g/mol. The second-order valence-electron chi connectivity index (χ2n) is 15.2. The van der Waals surface area contributed by atoms with Crippen LogP contribution >= 0.6 is 0 Å². The molecule has 0 saturated heterocycles. The summed E-state index contributed by atoms with van der Waals surface area (Å²) in [6.07, 6.45) is 10.5. The van der Waals surface area contributed by atoms with Crippen molar-refractivity contribution in [3.05, 3.63) is 63.5 Å². The van der Waals surface area contributed by atoms with Crippen molar-refractivity contribution in [3.63, 3.8) is 0 Å². The zero-order valence-electron chi connectivity index (χ0n) is 26.6. The van der Waals surface area contributed by atoms with Crippen LogP contribution in [-0.4, -0.2) is 49.5 Å². The van der Waals surface area contributed by atoms with Gasteiger partial charge in [-0.25, -0.2) is 23.5 Å². The van der Waals surface area contributed by atoms with Gasteiger partial charge in [-0.3, -0.25) is 4.79 Å². The second-order valence-corrected chi connectivity index (χ2v) is 15.2. The molecule has 10 heteroatoms. The summed E-state index contributed by atoms with van der Waals surface area (Å²) in [7, 11) is 0. The molecule has 0 amide bonds. The number of allylic oxidation sites excluding steroid dienone is 2. The molecule has 9 rings (SSSR count). The molecule has 1 aromatic heterocycles. The number of nitrogens with zero attached hydrogens (tertiary/aromatic N) is 4. The minimum atomic E-state index is -0.789. The normalized spacial score (nSPS) is 41.4. The second kappa shape index (κ2) is 9.56. The van der Waals surface area contributed by atoms with E-state index in [1.807, 2.05) is 35.0 Å². The van der Waals surface area contributed by atoms with Crippen molar-refractivity contribution in [1.29, 1.82) is 0 Å². The van der Waals surface area contributed by atoms with Crippen LogP contribution in [0.2, 0.25) is 0 Å². The predicted octanol–water partition coefficient (Wildman–Crippen LogP) is 4.11. The highest BCUT2D eigenvalue weighted by Gasteiger charge is 2.75. The van der Waals surface area contributed by atoms with E-state index in [2.05, 4.69) is 38.1 Å². The number of rotatable bonds is 5. The van der Waals surface area contributed by atoms with E-state index >= 15 is 0 Å². The number of fused-ring (bicyclic) bond motifs is 1. The number of aliphatic hydroxyl groups is 1. The van der Waals surface area contributed by atoms with Gasteiger partial charge < -0.3 is 14.7 Å². The molecule has 2 aromatic rings. The van der Waals surface area contributed by atoms with Crippen molar-refractivity contribution in [1.82, 2.24) is 13.9 Å². The maximum Gasteiger partial charge on any atom is 0.352 e. The number of ether oxygens (including phenoxy) is 1. The molecule has 45 heavy (non-hydrogen) atoms. The van der Waals surface area contributed by atoms with Gasteiger partial charge >= 0.3 is 17.3 Å². The van der Waals surface area contributed by atoms with E-state index in [9.17, 15) is 19.5 Å². The lowest BCUT2D eigenvalue weighted by Crippen LogP contribution is -2.76. The van der Waals surface area contributed by atoms with Gasteiger partial charge in [-0.15, -0.1) is 0 Å². The molecule has 1 N–H and O–H groups in total. The molecular formula is C35H44N4O6. The van der Waals surface area contributed by atoms with Crippen LogP contribution in [0.5, 0.6) is 0 Å². The Balaban J connectivity index is 1.32. The van der Waals surface area contributed by atoms with Crippen LogP contribution in [0.3, 0.4) is 0 Å². The van der Waals surface area contributed by atoms with Crippen LogP contribution in [0.1, 0.15) is 79.1 Å². The molecule has 1 aromatic carbocycles. The molecule has 1 unspecified atom stereocenters. The van der Waals surface area contributed by atoms with Crippen molar-refractivity contribution in [2.45, 2.75) is 102 Å². The highest BCUT2D eigenvalue weighted by Crippen LogP contribution is 2.74. The van der Waals surface area contributed by atoms with Gasteiger partial charge in [0, 0.05) is 31.1 Å². The van der Waals surface area contributed by atoms with Crippen molar-refractivity contribution in [2.24, 2.45) is 39.7 Å². The first kappa shape index (κ1) is 29.0. The fourth-order valence-electron chi connectivity index (χ4n) is 11.6. The number of para-hydroxylation sites is 1. The Kier molecular flexibility index (Phi) is 6.17. The minimum Gasteiger partial charge on any atom is -0.462 e. The Labute approximate surface area is 262 Å². The summed E-state index contributed by atoms with van der Waals surface area (Å²) >= 11 is 0. The van der Waals surface area contributed by atoms with Crippen LogP contribution < -0.4 is 11.4 Å². The van der Waals surface area contributed by atoms with E-state index in [0.717, 1.165) is 44.2 Å². The number of carbonyl (C=O) groups is 1. The SMILES string of the molecule is CC(=O)O[C@H]1CC[C@]2(C)[C@H]3CC[C@]4(C)[C@@H]([C@H](C)C5=NOC(CO)C5)CC[C@H]4[C@@]34C=C[C@]2(C1)n1c(=O)n(-c2ccccc2)c(=O)n14. The number of benzene rings is 1. The van der Waals surface area contributed by atoms with Gasteiger partial charge in [0.2, 0.25) is 0 Å². The molecule has 3 aliphatic heterocycles. The third kappa shape index (κ3) is 3.49. The van der Waals surface area contributed by atoms with Gasteiger partial charge in [0.25, 0.3) is 0 Å². The first-order valence-electron chi connectivity index (χ1n) is 16.8. The average Bonchev–Trinajstić information content (AvgIpc) is 3.72. The van der Waals surface area contributed by atoms with E-state index < -0.39 is 11.1 Å². The van der Waals surface area contributed by atoms with Crippen molar-refractivity contribution in [2.75, 3.05) is 6.61 Å². The van der Waals surface area contributed by atoms with Gasteiger partial charge in [-0.05, 0) is 73.8 Å². The summed E-state index contributed by atoms with van der Waals surface area (Å²) in [5.74, 6) is 0.482. The summed E-state index contributed by atoms with van der Waals surface area (Å²) in [6, 6.07) is 9.24. The summed E-state index contributed by atoms with van der Waals surface area (Å²) < 4.78 is 10.8. The zero-order valence-corrected chi connectivity index (χ0v) is 26.6. The van der Waals surface area contributed by atoms with Crippen molar-refractivity contribution >= 4 is 11.7 Å². The lowest BCUT2D eigenvalue weighted by Gasteiger charge is -2.71. The molecule has 2 bridgehead atoms. The largest absolute Gasteiger partial charge is 0.462 e. The van der Waals surface area contributed by atoms with Crippen LogP contribution in [-0.2, 0) is 25.4 Å². The third-order valence-corrected chi connectivity index (χ3v) is 13.5. The quantitative estimate of drug-likeness (QED) is 0.399. The molecule has 2 spiro atoms. The number of hydrogen-bond acceptors (Lipinski definition) is 7. The number of aromatic nitrogens is 3. The number of aliphatic hydroxyl groups excluding tert-OH is 1. The van der Waals surface area contributed by atoms with E-state index in [1.165, 1.54) is 11.5 Å². The summed E-state index contributed by atoms with van der Waals surface area (Å²) in [5.41, 5.74) is -0.899.